The molecule has 2 N–H and O–H groups in total. The van der Waals surface area contributed by atoms with E-state index in [1.165, 1.54) is 11.1 Å². The zero-order valence-electron chi connectivity index (χ0n) is 10.8. The molecule has 0 radical (unpaired) electrons. The van der Waals surface area contributed by atoms with Gasteiger partial charge < -0.3 is 5.73 Å². The summed E-state index contributed by atoms with van der Waals surface area (Å²) in [4.78, 5) is 25.6. The quantitative estimate of drug-likeness (QED) is 0.832. The van der Waals surface area contributed by atoms with E-state index >= 15 is 0 Å². The van der Waals surface area contributed by atoms with Crippen LogP contribution in [0.1, 0.15) is 15.9 Å². The van der Waals surface area contributed by atoms with Crippen LogP contribution < -0.4 is 5.73 Å². The normalized spacial score (nSPS) is 14.5. The topological polar surface area (TPSA) is 81.2 Å². The van der Waals surface area contributed by atoms with Crippen LogP contribution in [0.4, 0.5) is 5.69 Å². The molecule has 0 unspecified atom stereocenters. The lowest BCUT2D eigenvalue weighted by Gasteiger charge is -2.26. The van der Waals surface area contributed by atoms with Crippen LogP contribution in [-0.2, 0) is 17.8 Å². The van der Waals surface area contributed by atoms with E-state index in [1.807, 2.05) is 12.1 Å². The van der Waals surface area contributed by atoms with Crippen LogP contribution in [0, 0.1) is 0 Å². The molecule has 0 bridgehead atoms. The molecule has 6 nitrogen and oxygen atoms in total. The Morgan fingerprint density at radius 2 is 2.00 bits per heavy atom. The Kier molecular flexibility index (Phi) is 2.98. The summed E-state index contributed by atoms with van der Waals surface area (Å²) < 4.78 is 1.62. The van der Waals surface area contributed by atoms with Crippen molar-refractivity contribution in [3.63, 3.8) is 0 Å². The lowest BCUT2D eigenvalue weighted by atomic mass is 9.98. The largest absolute Gasteiger partial charge is 0.396 e. The van der Waals surface area contributed by atoms with Gasteiger partial charge in [0.05, 0.1) is 24.8 Å². The highest BCUT2D eigenvalue weighted by Crippen LogP contribution is 2.19. The number of anilines is 1. The standard InChI is InChI=1S/C14H14N4O2/c15-11-8-16-17(9-11)5-6-18-13(19)7-10-3-1-2-4-12(10)14(18)20/h1-4,8-9H,5-7,15H2. The Bertz CT molecular complexity index is 677. The van der Waals surface area contributed by atoms with E-state index in [-0.39, 0.29) is 18.2 Å². The Hall–Kier alpha value is -2.63. The minimum atomic E-state index is -0.239. The van der Waals surface area contributed by atoms with Crippen molar-refractivity contribution in [1.29, 1.82) is 0 Å². The molecule has 1 aromatic heterocycles. The third kappa shape index (κ3) is 2.16. The van der Waals surface area contributed by atoms with Crippen LogP contribution in [0.2, 0.25) is 0 Å². The van der Waals surface area contributed by atoms with Gasteiger partial charge in [0.1, 0.15) is 0 Å². The number of carbonyl (C=O) groups excluding carboxylic acids is 2. The average Bonchev–Trinajstić information content (AvgIpc) is 2.84. The van der Waals surface area contributed by atoms with Gasteiger partial charge in [-0.1, -0.05) is 18.2 Å². The first kappa shape index (κ1) is 12.4. The van der Waals surface area contributed by atoms with Gasteiger partial charge in [0.25, 0.3) is 5.91 Å². The molecule has 2 amide bonds. The van der Waals surface area contributed by atoms with E-state index in [1.54, 1.807) is 23.0 Å². The van der Waals surface area contributed by atoms with E-state index in [4.69, 9.17) is 5.73 Å². The molecule has 0 atom stereocenters. The van der Waals surface area contributed by atoms with E-state index in [9.17, 15) is 9.59 Å². The summed E-state index contributed by atoms with van der Waals surface area (Å²) in [6.07, 6.45) is 3.48. The van der Waals surface area contributed by atoms with Gasteiger partial charge in [-0.15, -0.1) is 0 Å². The third-order valence-electron chi connectivity index (χ3n) is 3.34. The molecule has 2 aromatic rings. The average molecular weight is 270 g/mol. The molecule has 3 rings (SSSR count). The summed E-state index contributed by atoms with van der Waals surface area (Å²) in [5.74, 6) is -0.411. The van der Waals surface area contributed by atoms with Crippen LogP contribution in [-0.4, -0.2) is 33.0 Å². The summed E-state index contributed by atoms with van der Waals surface area (Å²) in [6.45, 7) is 0.740. The number of benzene rings is 1. The lowest BCUT2D eigenvalue weighted by molar-refractivity contribution is -0.128. The van der Waals surface area contributed by atoms with Crippen molar-refractivity contribution in [3.05, 3.63) is 47.8 Å². The van der Waals surface area contributed by atoms with Crippen molar-refractivity contribution in [2.24, 2.45) is 0 Å². The number of imide groups is 1. The lowest BCUT2D eigenvalue weighted by Crippen LogP contribution is -2.43. The molecule has 0 fully saturated rings. The minimum absolute atomic E-state index is 0.172. The first-order valence-electron chi connectivity index (χ1n) is 6.35. The number of aromatic nitrogens is 2. The maximum atomic E-state index is 12.3. The number of amides is 2. The van der Waals surface area contributed by atoms with Crippen molar-refractivity contribution in [3.8, 4) is 0 Å². The maximum absolute atomic E-state index is 12.3. The predicted octanol–water partition coefficient (Wildman–Crippen LogP) is 0.690. The van der Waals surface area contributed by atoms with Gasteiger partial charge in [0.15, 0.2) is 0 Å². The Morgan fingerprint density at radius 3 is 2.75 bits per heavy atom. The number of nitrogens with zero attached hydrogens (tertiary/aromatic N) is 3. The second-order valence-electron chi connectivity index (χ2n) is 4.72. The van der Waals surface area contributed by atoms with Crippen molar-refractivity contribution in [2.45, 2.75) is 13.0 Å². The molecule has 20 heavy (non-hydrogen) atoms. The van der Waals surface area contributed by atoms with E-state index < -0.39 is 0 Å². The molecule has 0 saturated carbocycles. The second-order valence-corrected chi connectivity index (χ2v) is 4.72. The summed E-state index contributed by atoms with van der Waals surface area (Å²) >= 11 is 0. The molecule has 102 valence electrons. The number of hydrogen-bond donors (Lipinski definition) is 1. The zero-order valence-corrected chi connectivity index (χ0v) is 10.8. The number of rotatable bonds is 3. The van der Waals surface area contributed by atoms with Gasteiger partial charge in [0.2, 0.25) is 5.91 Å². The first-order valence-corrected chi connectivity index (χ1v) is 6.35. The molecule has 1 aliphatic heterocycles. The van der Waals surface area contributed by atoms with Crippen LogP contribution in [0.15, 0.2) is 36.7 Å². The highest BCUT2D eigenvalue weighted by molar-refractivity contribution is 6.09. The Balaban J connectivity index is 1.77. The second kappa shape index (κ2) is 4.80. The summed E-state index contributed by atoms with van der Waals surface area (Å²) in [5.41, 5.74) is 7.53. The SMILES string of the molecule is Nc1cnn(CCN2C(=O)Cc3ccccc3C2=O)c1. The predicted molar refractivity (Wildman–Crippen MR) is 72.8 cm³/mol. The number of nitrogens with two attached hydrogens (primary N) is 1. The fourth-order valence-electron chi connectivity index (χ4n) is 2.33. The molecule has 1 aliphatic rings. The highest BCUT2D eigenvalue weighted by atomic mass is 16.2. The van der Waals surface area contributed by atoms with Crippen molar-refractivity contribution in [2.75, 3.05) is 12.3 Å². The van der Waals surface area contributed by atoms with Gasteiger partial charge in [-0.3, -0.25) is 19.2 Å². The number of carbonyl (C=O) groups is 2. The maximum Gasteiger partial charge on any atom is 0.260 e. The number of hydrogen-bond acceptors (Lipinski definition) is 4. The number of fused-ring (bicyclic) bond motifs is 1. The van der Waals surface area contributed by atoms with Crippen molar-refractivity contribution in [1.82, 2.24) is 14.7 Å². The monoisotopic (exact) mass is 270 g/mol. The molecule has 2 heterocycles. The van der Waals surface area contributed by atoms with Crippen molar-refractivity contribution >= 4 is 17.5 Å². The first-order chi connectivity index (χ1) is 9.65. The Morgan fingerprint density at radius 1 is 1.20 bits per heavy atom. The van der Waals surface area contributed by atoms with Gasteiger partial charge in [-0.25, -0.2) is 0 Å². The third-order valence-corrected chi connectivity index (χ3v) is 3.34. The Labute approximate surface area is 115 Å². The smallest absolute Gasteiger partial charge is 0.260 e. The molecule has 0 saturated heterocycles. The van der Waals surface area contributed by atoms with Gasteiger partial charge in [-0.2, -0.15) is 5.10 Å². The van der Waals surface area contributed by atoms with Crippen LogP contribution in [0.25, 0.3) is 0 Å². The van der Waals surface area contributed by atoms with E-state index in [2.05, 4.69) is 5.10 Å². The van der Waals surface area contributed by atoms with Gasteiger partial charge >= 0.3 is 0 Å². The van der Waals surface area contributed by atoms with E-state index in [0.717, 1.165) is 5.56 Å². The van der Waals surface area contributed by atoms with Crippen LogP contribution in [0.3, 0.4) is 0 Å². The van der Waals surface area contributed by atoms with Gasteiger partial charge in [0, 0.05) is 18.3 Å². The van der Waals surface area contributed by atoms with Crippen LogP contribution >= 0.6 is 0 Å². The molecule has 1 aromatic carbocycles. The minimum Gasteiger partial charge on any atom is -0.396 e. The molecule has 0 aliphatic carbocycles. The van der Waals surface area contributed by atoms with Gasteiger partial charge in [-0.05, 0) is 11.6 Å². The number of nitrogen functional groups attached to an aromatic ring is 1. The summed E-state index contributed by atoms with van der Waals surface area (Å²) in [6, 6.07) is 7.21. The molecule has 6 heteroatoms. The summed E-state index contributed by atoms with van der Waals surface area (Å²) in [5, 5.41) is 4.04. The fourth-order valence-corrected chi connectivity index (χ4v) is 2.33. The summed E-state index contributed by atoms with van der Waals surface area (Å²) in [7, 11) is 0. The van der Waals surface area contributed by atoms with Crippen LogP contribution in [0.5, 0.6) is 0 Å². The molecular weight excluding hydrogens is 256 g/mol. The highest BCUT2D eigenvalue weighted by Gasteiger charge is 2.30. The molecule has 0 spiro atoms. The van der Waals surface area contributed by atoms with Crippen molar-refractivity contribution < 1.29 is 9.59 Å². The van der Waals surface area contributed by atoms with E-state index in [0.29, 0.717) is 24.3 Å². The fraction of sp³-hybridized carbons (Fsp3) is 0.214. The zero-order chi connectivity index (χ0) is 14.1. The molecular formula is C14H14N4O2.